The van der Waals surface area contributed by atoms with Crippen LogP contribution in [0.4, 0.5) is 0 Å². The lowest BCUT2D eigenvalue weighted by molar-refractivity contribution is -0.303. The molecule has 1 amide bonds. The summed E-state index contributed by atoms with van der Waals surface area (Å²) in [5.74, 6) is -1.89. The molecule has 3 rings (SSSR count). The Bertz CT molecular complexity index is 876. The number of ether oxygens (including phenoxy) is 3. The minimum absolute atomic E-state index is 0.0270. The Balaban J connectivity index is 1.88. The normalized spacial score (nSPS) is 44.6. The summed E-state index contributed by atoms with van der Waals surface area (Å²) in [5, 5.41) is 93.1. The molecule has 15 unspecified atom stereocenters. The van der Waals surface area contributed by atoms with Gasteiger partial charge in [-0.25, -0.2) is 0 Å². The molecule has 1 saturated carbocycles. The molecule has 15 N–H and O–H groups in total. The van der Waals surface area contributed by atoms with Gasteiger partial charge in [0.05, 0.1) is 37.0 Å². The third kappa shape index (κ3) is 8.37. The van der Waals surface area contributed by atoms with Crippen LogP contribution in [-0.2, 0) is 19.0 Å². The van der Waals surface area contributed by atoms with Crippen LogP contribution in [0.15, 0.2) is 0 Å². The van der Waals surface area contributed by atoms with Gasteiger partial charge in [0.1, 0.15) is 42.2 Å². The van der Waals surface area contributed by atoms with Crippen molar-refractivity contribution in [2.24, 2.45) is 17.4 Å². The summed E-state index contributed by atoms with van der Waals surface area (Å²) in [6, 6.07) is -2.84. The van der Waals surface area contributed by atoms with E-state index in [0.29, 0.717) is 13.0 Å². The highest BCUT2D eigenvalue weighted by Gasteiger charge is 2.56. The number of rotatable bonds is 13. The van der Waals surface area contributed by atoms with E-state index >= 15 is 0 Å². The molecule has 3 fully saturated rings. The number of nitrogens with two attached hydrogens (primary N) is 2. The van der Waals surface area contributed by atoms with Crippen LogP contribution in [0, 0.1) is 5.92 Å². The average Bonchev–Trinajstić information content (AvgIpc) is 2.95. The number of carbonyl (C=O) groups excluding carboxylic acids is 1. The van der Waals surface area contributed by atoms with Crippen molar-refractivity contribution in [2.45, 2.75) is 111 Å². The van der Waals surface area contributed by atoms with Crippen molar-refractivity contribution >= 4 is 5.91 Å². The molecule has 0 aromatic rings. The molecule has 2 heterocycles. The number of likely N-dealkylation sites (N-methyl/N-ethyl adjacent to an activating group) is 1. The molecule has 17 nitrogen and oxygen atoms in total. The first-order chi connectivity index (χ1) is 20.3. The van der Waals surface area contributed by atoms with E-state index in [4.69, 9.17) is 30.8 Å². The van der Waals surface area contributed by atoms with Crippen molar-refractivity contribution in [3.8, 4) is 0 Å². The zero-order valence-corrected chi connectivity index (χ0v) is 24.6. The minimum atomic E-state index is -1.66. The van der Waals surface area contributed by atoms with Gasteiger partial charge >= 0.3 is 0 Å². The van der Waals surface area contributed by atoms with Gasteiger partial charge in [0.25, 0.3) is 0 Å². The van der Waals surface area contributed by atoms with Crippen LogP contribution in [0.1, 0.15) is 26.2 Å². The summed E-state index contributed by atoms with van der Waals surface area (Å²) in [5.41, 5.74) is 10.5. The average molecular weight is 626 g/mol. The predicted molar refractivity (Wildman–Crippen MR) is 149 cm³/mol. The quantitative estimate of drug-likeness (QED) is 0.0846. The lowest BCUT2D eigenvalue weighted by Crippen LogP contribution is -2.71. The zero-order valence-electron chi connectivity index (χ0n) is 24.6. The Morgan fingerprint density at radius 1 is 1.12 bits per heavy atom. The van der Waals surface area contributed by atoms with Crippen LogP contribution < -0.4 is 27.4 Å². The van der Waals surface area contributed by atoms with Gasteiger partial charge in [-0.1, -0.05) is 0 Å². The molecule has 15 atom stereocenters. The van der Waals surface area contributed by atoms with Crippen LogP contribution in [0.5, 0.6) is 0 Å². The third-order valence-corrected chi connectivity index (χ3v) is 8.64. The second-order valence-corrected chi connectivity index (χ2v) is 12.0. The van der Waals surface area contributed by atoms with Crippen LogP contribution in [0.25, 0.3) is 0 Å². The van der Waals surface area contributed by atoms with Gasteiger partial charge in [0, 0.05) is 25.1 Å². The Labute approximate surface area is 250 Å². The number of nitrogens with one attached hydrogen (secondary N) is 3. The molecule has 0 aromatic carbocycles. The molecule has 0 aromatic heterocycles. The maximum absolute atomic E-state index is 12.7. The second-order valence-electron chi connectivity index (χ2n) is 12.0. The van der Waals surface area contributed by atoms with E-state index < -0.39 is 96.8 Å². The summed E-state index contributed by atoms with van der Waals surface area (Å²) in [6.07, 6.45) is -13.9. The number of hydrogen-bond acceptors (Lipinski definition) is 16. The number of amides is 1. The number of aliphatic hydroxyl groups excluding tert-OH is 7. The summed E-state index contributed by atoms with van der Waals surface area (Å²) in [7, 11) is 1.54. The van der Waals surface area contributed by atoms with E-state index in [0.717, 1.165) is 0 Å². The summed E-state index contributed by atoms with van der Waals surface area (Å²) < 4.78 is 17.7. The molecule has 3 aliphatic rings. The Kier molecular flexibility index (Phi) is 13.5. The van der Waals surface area contributed by atoms with Gasteiger partial charge in [-0.05, 0) is 46.3 Å². The Morgan fingerprint density at radius 2 is 1.81 bits per heavy atom. The van der Waals surface area contributed by atoms with E-state index in [1.165, 1.54) is 14.0 Å². The van der Waals surface area contributed by atoms with Gasteiger partial charge in [-0.2, -0.15) is 0 Å². The highest BCUT2D eigenvalue weighted by Crippen LogP contribution is 2.37. The molecule has 252 valence electrons. The third-order valence-electron chi connectivity index (χ3n) is 8.64. The van der Waals surface area contributed by atoms with Gasteiger partial charge in [-0.15, -0.1) is 0 Å². The monoisotopic (exact) mass is 625 g/mol. The lowest BCUT2D eigenvalue weighted by atomic mass is 9.72. The highest BCUT2D eigenvalue weighted by molar-refractivity contribution is 5.80. The fourth-order valence-corrected chi connectivity index (χ4v) is 6.25. The molecule has 2 aliphatic heterocycles. The molecular weight excluding hydrogens is 574 g/mol. The lowest BCUT2D eigenvalue weighted by Gasteiger charge is -2.52. The van der Waals surface area contributed by atoms with Crippen molar-refractivity contribution in [1.29, 1.82) is 0 Å². The highest BCUT2D eigenvalue weighted by atomic mass is 16.7. The predicted octanol–water partition coefficient (Wildman–Crippen LogP) is -6.85. The molecule has 17 heteroatoms. The van der Waals surface area contributed by atoms with Crippen LogP contribution >= 0.6 is 0 Å². The Morgan fingerprint density at radius 3 is 2.44 bits per heavy atom. The van der Waals surface area contributed by atoms with Gasteiger partial charge in [0.15, 0.2) is 6.29 Å². The standard InChI is InChI=1S/C26H51N5O12/c1-26(40)10-41-25(20(38)23(26)29-2)43-21-12(31-24(39)13(33)4-5-27)8-11(28)15(17(21)35)22-19(37)18(36)16(34)14(42-22)9-30-6-3-7-32/h11-23,25,29-30,32-38,40H,3-10,27-28H2,1-2H3,(H,31,39). The first kappa shape index (κ1) is 36.3. The first-order valence-corrected chi connectivity index (χ1v) is 14.8. The molecule has 0 radical (unpaired) electrons. The topological polar surface area (TPSA) is 295 Å². The van der Waals surface area contributed by atoms with E-state index in [2.05, 4.69) is 16.0 Å². The van der Waals surface area contributed by atoms with Crippen molar-refractivity contribution in [3.05, 3.63) is 0 Å². The maximum Gasteiger partial charge on any atom is 0.249 e. The largest absolute Gasteiger partial charge is 0.396 e. The van der Waals surface area contributed by atoms with E-state index in [-0.39, 0.29) is 39.1 Å². The molecule has 2 saturated heterocycles. The number of aliphatic hydroxyl groups is 8. The number of carbonyl (C=O) groups is 1. The molecule has 43 heavy (non-hydrogen) atoms. The first-order valence-electron chi connectivity index (χ1n) is 14.8. The summed E-state index contributed by atoms with van der Waals surface area (Å²) >= 11 is 0. The summed E-state index contributed by atoms with van der Waals surface area (Å²) in [4.78, 5) is 12.7. The second kappa shape index (κ2) is 15.9. The van der Waals surface area contributed by atoms with Gasteiger partial charge in [0.2, 0.25) is 5.91 Å². The van der Waals surface area contributed by atoms with E-state index in [9.17, 15) is 40.5 Å². The number of hydrogen-bond donors (Lipinski definition) is 13. The van der Waals surface area contributed by atoms with E-state index in [1.807, 2.05) is 0 Å². The van der Waals surface area contributed by atoms with Gasteiger partial charge in [-0.3, -0.25) is 4.79 Å². The van der Waals surface area contributed by atoms with Crippen LogP contribution in [0.3, 0.4) is 0 Å². The smallest absolute Gasteiger partial charge is 0.249 e. The SMILES string of the molecule is CNC1C(O)C(OC2C(NC(=O)C(O)CCN)CC(N)C(C3OC(CNCCCO)C(O)C(O)C3O)C2O)OCC1(C)O. The van der Waals surface area contributed by atoms with Crippen LogP contribution in [-0.4, -0.2) is 172 Å². The molecule has 1 aliphatic carbocycles. The van der Waals surface area contributed by atoms with E-state index in [1.54, 1.807) is 0 Å². The van der Waals surface area contributed by atoms with Crippen molar-refractivity contribution in [1.82, 2.24) is 16.0 Å². The van der Waals surface area contributed by atoms with Crippen molar-refractivity contribution in [2.75, 3.05) is 39.9 Å². The summed E-state index contributed by atoms with van der Waals surface area (Å²) in [6.45, 7) is 1.68. The molecule has 0 bridgehead atoms. The maximum atomic E-state index is 12.7. The van der Waals surface area contributed by atoms with Crippen molar-refractivity contribution in [3.63, 3.8) is 0 Å². The minimum Gasteiger partial charge on any atom is -0.396 e. The van der Waals surface area contributed by atoms with Gasteiger partial charge < -0.3 is 82.5 Å². The fraction of sp³-hybridized carbons (Fsp3) is 0.962. The molecular formula is C26H51N5O12. The zero-order chi connectivity index (χ0) is 32.1. The fourth-order valence-electron chi connectivity index (χ4n) is 6.25. The van der Waals surface area contributed by atoms with Crippen molar-refractivity contribution < 1.29 is 59.9 Å². The molecule has 0 spiro atoms. The van der Waals surface area contributed by atoms with Crippen LogP contribution in [0.2, 0.25) is 0 Å². The Hall–Kier alpha value is -1.13.